The molecule has 3 N–H and O–H groups in total. The van der Waals surface area contributed by atoms with Gasteiger partial charge in [0.2, 0.25) is 0 Å². The van der Waals surface area contributed by atoms with E-state index < -0.39 is 0 Å². The molecule has 88 valence electrons. The summed E-state index contributed by atoms with van der Waals surface area (Å²) in [6, 6.07) is 5.59. The highest BCUT2D eigenvalue weighted by Crippen LogP contribution is 2.22. The summed E-state index contributed by atoms with van der Waals surface area (Å²) in [5.41, 5.74) is 4.73. The van der Waals surface area contributed by atoms with Crippen molar-refractivity contribution in [3.8, 4) is 5.75 Å². The minimum atomic E-state index is -0.124. The third-order valence-electron chi connectivity index (χ3n) is 2.51. The molecule has 0 saturated heterocycles. The van der Waals surface area contributed by atoms with Crippen molar-refractivity contribution in [3.05, 3.63) is 54.1 Å². The molecule has 5 heteroatoms. The molecule has 5 nitrogen and oxygen atoms in total. The molecule has 2 aromatic rings. The summed E-state index contributed by atoms with van der Waals surface area (Å²) in [5.74, 6) is 6.29. The second-order valence-electron chi connectivity index (χ2n) is 3.54. The summed E-state index contributed by atoms with van der Waals surface area (Å²) in [6.45, 7) is 0. The van der Waals surface area contributed by atoms with Crippen molar-refractivity contribution < 1.29 is 4.74 Å². The Morgan fingerprint density at radius 2 is 1.94 bits per heavy atom. The van der Waals surface area contributed by atoms with Crippen LogP contribution in [0, 0.1) is 0 Å². The molecule has 0 aromatic carbocycles. The van der Waals surface area contributed by atoms with Crippen LogP contribution >= 0.6 is 0 Å². The highest BCUT2D eigenvalue weighted by molar-refractivity contribution is 5.32. The number of aromatic nitrogens is 2. The largest absolute Gasteiger partial charge is 0.495 e. The highest BCUT2D eigenvalue weighted by atomic mass is 16.5. The number of ether oxygens (including phenoxy) is 1. The summed E-state index contributed by atoms with van der Waals surface area (Å²) < 4.78 is 5.14. The summed E-state index contributed by atoms with van der Waals surface area (Å²) in [6.07, 6.45) is 6.87. The van der Waals surface area contributed by atoms with Gasteiger partial charge in [-0.2, -0.15) is 0 Å². The van der Waals surface area contributed by atoms with Gasteiger partial charge in [-0.05, 0) is 29.3 Å². The van der Waals surface area contributed by atoms with Crippen molar-refractivity contribution in [1.82, 2.24) is 15.4 Å². The van der Waals surface area contributed by atoms with Crippen molar-refractivity contribution in [3.63, 3.8) is 0 Å². The van der Waals surface area contributed by atoms with Crippen molar-refractivity contribution in [2.75, 3.05) is 7.11 Å². The molecule has 0 aliphatic heterocycles. The molecule has 2 heterocycles. The van der Waals surface area contributed by atoms with Gasteiger partial charge in [0, 0.05) is 18.6 Å². The number of nitrogens with two attached hydrogens (primary N) is 1. The van der Waals surface area contributed by atoms with E-state index in [1.54, 1.807) is 31.9 Å². The Morgan fingerprint density at radius 1 is 1.18 bits per heavy atom. The van der Waals surface area contributed by atoms with Crippen LogP contribution in [0.1, 0.15) is 17.2 Å². The summed E-state index contributed by atoms with van der Waals surface area (Å²) >= 11 is 0. The second-order valence-corrected chi connectivity index (χ2v) is 3.54. The predicted molar refractivity (Wildman–Crippen MR) is 64.2 cm³/mol. The lowest BCUT2D eigenvalue weighted by molar-refractivity contribution is 0.411. The Balaban J connectivity index is 2.35. The lowest BCUT2D eigenvalue weighted by atomic mass is 10.0. The first-order chi connectivity index (χ1) is 8.35. The first kappa shape index (κ1) is 11.5. The van der Waals surface area contributed by atoms with Crippen LogP contribution in [0.15, 0.2) is 43.0 Å². The molecule has 0 aliphatic carbocycles. The van der Waals surface area contributed by atoms with E-state index >= 15 is 0 Å². The molecule has 0 spiro atoms. The maximum Gasteiger partial charge on any atom is 0.137 e. The fraction of sp³-hybridized carbons (Fsp3) is 0.167. The van der Waals surface area contributed by atoms with Crippen LogP contribution < -0.4 is 16.0 Å². The fourth-order valence-corrected chi connectivity index (χ4v) is 1.65. The van der Waals surface area contributed by atoms with E-state index in [-0.39, 0.29) is 6.04 Å². The van der Waals surface area contributed by atoms with Crippen molar-refractivity contribution in [1.29, 1.82) is 0 Å². The molecule has 0 saturated carbocycles. The van der Waals surface area contributed by atoms with Crippen molar-refractivity contribution in [2.45, 2.75) is 6.04 Å². The van der Waals surface area contributed by atoms with Crippen LogP contribution in [0.5, 0.6) is 5.75 Å². The third kappa shape index (κ3) is 2.58. The first-order valence-corrected chi connectivity index (χ1v) is 5.20. The van der Waals surface area contributed by atoms with E-state index in [0.717, 1.165) is 11.1 Å². The first-order valence-electron chi connectivity index (χ1n) is 5.20. The van der Waals surface area contributed by atoms with Gasteiger partial charge < -0.3 is 4.74 Å². The van der Waals surface area contributed by atoms with Crippen LogP contribution in [-0.2, 0) is 0 Å². The summed E-state index contributed by atoms with van der Waals surface area (Å²) in [7, 11) is 1.61. The van der Waals surface area contributed by atoms with Gasteiger partial charge in [-0.1, -0.05) is 0 Å². The predicted octanol–water partition coefficient (Wildman–Crippen LogP) is 1.04. The zero-order valence-electron chi connectivity index (χ0n) is 9.50. The maximum absolute atomic E-state index is 5.59. The van der Waals surface area contributed by atoms with E-state index in [4.69, 9.17) is 10.6 Å². The molecule has 0 aliphatic rings. The van der Waals surface area contributed by atoms with Gasteiger partial charge in [-0.3, -0.25) is 15.8 Å². The lowest BCUT2D eigenvalue weighted by Gasteiger charge is -2.16. The Hall–Kier alpha value is -1.98. The Bertz CT molecular complexity index is 475. The lowest BCUT2D eigenvalue weighted by Crippen LogP contribution is -2.28. The number of hydrazine groups is 1. The number of pyridine rings is 2. The van der Waals surface area contributed by atoms with Gasteiger partial charge in [-0.15, -0.1) is 0 Å². The standard InChI is InChI=1S/C12H14N4O/c1-17-11-6-10(7-15-8-11)12(16-13)9-2-4-14-5-3-9/h2-8,12,16H,13H2,1H3. The molecule has 0 radical (unpaired) electrons. The Kier molecular flexibility index (Phi) is 3.64. The van der Waals surface area contributed by atoms with Gasteiger partial charge in [-0.25, -0.2) is 5.43 Å². The van der Waals surface area contributed by atoms with E-state index in [1.165, 1.54) is 0 Å². The van der Waals surface area contributed by atoms with E-state index in [1.807, 2.05) is 18.2 Å². The Morgan fingerprint density at radius 3 is 2.59 bits per heavy atom. The van der Waals surface area contributed by atoms with E-state index in [0.29, 0.717) is 5.75 Å². The number of hydrogen-bond donors (Lipinski definition) is 2. The van der Waals surface area contributed by atoms with Gasteiger partial charge in [0.05, 0.1) is 19.3 Å². The van der Waals surface area contributed by atoms with Crippen molar-refractivity contribution >= 4 is 0 Å². The normalized spacial score (nSPS) is 12.1. The van der Waals surface area contributed by atoms with E-state index in [9.17, 15) is 0 Å². The molecule has 0 amide bonds. The van der Waals surface area contributed by atoms with Crippen LogP contribution in [0.3, 0.4) is 0 Å². The molecule has 0 bridgehead atoms. The zero-order valence-corrected chi connectivity index (χ0v) is 9.50. The molecular formula is C12H14N4O. The fourth-order valence-electron chi connectivity index (χ4n) is 1.65. The molecule has 1 atom stereocenters. The molecule has 2 rings (SSSR count). The number of nitrogens with one attached hydrogen (secondary N) is 1. The zero-order chi connectivity index (χ0) is 12.1. The minimum absolute atomic E-state index is 0.124. The quantitative estimate of drug-likeness (QED) is 0.606. The van der Waals surface area contributed by atoms with Crippen LogP contribution in [0.4, 0.5) is 0 Å². The molecular weight excluding hydrogens is 216 g/mol. The molecule has 17 heavy (non-hydrogen) atoms. The van der Waals surface area contributed by atoms with Crippen LogP contribution in [0.25, 0.3) is 0 Å². The van der Waals surface area contributed by atoms with Gasteiger partial charge in [0.25, 0.3) is 0 Å². The van der Waals surface area contributed by atoms with E-state index in [2.05, 4.69) is 15.4 Å². The van der Waals surface area contributed by atoms with Crippen LogP contribution in [0.2, 0.25) is 0 Å². The highest BCUT2D eigenvalue weighted by Gasteiger charge is 2.13. The monoisotopic (exact) mass is 230 g/mol. The molecule has 2 aromatic heterocycles. The average molecular weight is 230 g/mol. The smallest absolute Gasteiger partial charge is 0.137 e. The second kappa shape index (κ2) is 5.38. The number of methoxy groups -OCH3 is 1. The SMILES string of the molecule is COc1cncc(C(NN)c2ccncc2)c1. The van der Waals surface area contributed by atoms with Gasteiger partial charge in [0.15, 0.2) is 0 Å². The third-order valence-corrected chi connectivity index (χ3v) is 2.51. The van der Waals surface area contributed by atoms with Crippen LogP contribution in [-0.4, -0.2) is 17.1 Å². The average Bonchev–Trinajstić information content (AvgIpc) is 2.41. The van der Waals surface area contributed by atoms with Gasteiger partial charge in [0.1, 0.15) is 5.75 Å². The topological polar surface area (TPSA) is 73.1 Å². The maximum atomic E-state index is 5.59. The number of rotatable bonds is 4. The molecule has 1 unspecified atom stereocenters. The summed E-state index contributed by atoms with van der Waals surface area (Å²) in [4.78, 5) is 8.09. The van der Waals surface area contributed by atoms with Crippen molar-refractivity contribution in [2.24, 2.45) is 5.84 Å². The van der Waals surface area contributed by atoms with Gasteiger partial charge >= 0.3 is 0 Å². The number of nitrogens with zero attached hydrogens (tertiary/aromatic N) is 2. The Labute approximate surface area is 99.6 Å². The molecule has 0 fully saturated rings. The summed E-state index contributed by atoms with van der Waals surface area (Å²) in [5, 5.41) is 0. The number of hydrogen-bond acceptors (Lipinski definition) is 5. The minimum Gasteiger partial charge on any atom is -0.495 e.